The highest BCUT2D eigenvalue weighted by Gasteiger charge is 2.42. The Morgan fingerprint density at radius 1 is 1.22 bits per heavy atom. The monoisotopic (exact) mass is 444 g/mol. The number of ether oxygens (including phenoxy) is 2. The average Bonchev–Trinajstić information content (AvgIpc) is 2.78. The Morgan fingerprint density at radius 3 is 2.53 bits per heavy atom. The van der Waals surface area contributed by atoms with Gasteiger partial charge in [-0.3, -0.25) is 10.1 Å². The minimum Gasteiger partial charge on any atom is -0.493 e. The van der Waals surface area contributed by atoms with Crippen LogP contribution in [0.4, 0.5) is 0 Å². The molecule has 1 aromatic carbocycles. The van der Waals surface area contributed by atoms with Crippen molar-refractivity contribution in [3.63, 3.8) is 0 Å². The maximum absolute atomic E-state index is 11.4. The van der Waals surface area contributed by atoms with Crippen molar-refractivity contribution < 1.29 is 19.2 Å². The normalized spacial score (nSPS) is 20.3. The minimum atomic E-state index is -0.387. The molecule has 32 heavy (non-hydrogen) atoms. The molecule has 0 spiro atoms. The molecule has 1 aromatic rings. The molecular weight excluding hydrogens is 408 g/mol. The Bertz CT molecular complexity index is 849. The van der Waals surface area contributed by atoms with Gasteiger partial charge in [0.1, 0.15) is 6.29 Å². The fourth-order valence-electron chi connectivity index (χ4n) is 4.60. The van der Waals surface area contributed by atoms with E-state index in [2.05, 4.69) is 25.8 Å². The lowest BCUT2D eigenvalue weighted by molar-refractivity contribution is -0.420. The average molecular weight is 445 g/mol. The zero-order valence-electron chi connectivity index (χ0n) is 19.9. The second kappa shape index (κ2) is 11.8. The molecule has 0 fully saturated rings. The van der Waals surface area contributed by atoms with Crippen LogP contribution in [0.3, 0.4) is 0 Å². The Balaban J connectivity index is 2.00. The highest BCUT2D eigenvalue weighted by molar-refractivity contribution is 5.51. The van der Waals surface area contributed by atoms with E-state index in [0.29, 0.717) is 6.42 Å². The van der Waals surface area contributed by atoms with Gasteiger partial charge in [-0.2, -0.15) is 0 Å². The molecule has 0 saturated heterocycles. The summed E-state index contributed by atoms with van der Waals surface area (Å²) in [5.74, 6) is 1.62. The lowest BCUT2D eigenvalue weighted by Gasteiger charge is -2.42. The van der Waals surface area contributed by atoms with Crippen LogP contribution >= 0.6 is 0 Å². The smallest absolute Gasteiger partial charge is 0.265 e. The fraction of sp³-hybridized carbons (Fsp3) is 0.560. The van der Waals surface area contributed by atoms with E-state index in [0.717, 1.165) is 50.1 Å². The van der Waals surface area contributed by atoms with Gasteiger partial charge in [0.15, 0.2) is 11.5 Å². The van der Waals surface area contributed by atoms with E-state index in [1.54, 1.807) is 26.4 Å². The van der Waals surface area contributed by atoms with Crippen LogP contribution in [0.15, 0.2) is 42.1 Å². The van der Waals surface area contributed by atoms with E-state index in [-0.39, 0.29) is 27.9 Å². The van der Waals surface area contributed by atoms with Crippen LogP contribution in [0.2, 0.25) is 0 Å². The van der Waals surface area contributed by atoms with Crippen LogP contribution in [-0.4, -0.2) is 50.5 Å². The van der Waals surface area contributed by atoms with Gasteiger partial charge in [-0.1, -0.05) is 26.0 Å². The van der Waals surface area contributed by atoms with Gasteiger partial charge < -0.3 is 19.2 Å². The van der Waals surface area contributed by atoms with Crippen molar-refractivity contribution >= 4 is 6.29 Å². The van der Waals surface area contributed by atoms with Crippen molar-refractivity contribution in [1.82, 2.24) is 4.90 Å². The summed E-state index contributed by atoms with van der Waals surface area (Å²) in [6, 6.07) is 5.97. The van der Waals surface area contributed by atoms with Gasteiger partial charge in [-0.15, -0.1) is 0 Å². The van der Waals surface area contributed by atoms with Gasteiger partial charge in [0.25, 0.3) is 5.70 Å². The molecule has 2 atom stereocenters. The number of rotatable bonds is 13. The quantitative estimate of drug-likeness (QED) is 0.252. The predicted molar refractivity (Wildman–Crippen MR) is 126 cm³/mol. The van der Waals surface area contributed by atoms with E-state index < -0.39 is 0 Å². The van der Waals surface area contributed by atoms with Crippen LogP contribution < -0.4 is 9.47 Å². The molecule has 7 heteroatoms. The maximum atomic E-state index is 11.4. The van der Waals surface area contributed by atoms with Crippen molar-refractivity contribution in [1.29, 1.82) is 0 Å². The Kier molecular flexibility index (Phi) is 9.44. The summed E-state index contributed by atoms with van der Waals surface area (Å²) in [5, 5.41) is 11.4. The van der Waals surface area contributed by atoms with Crippen LogP contribution in [0.1, 0.15) is 38.7 Å². The van der Waals surface area contributed by atoms with Gasteiger partial charge in [0, 0.05) is 30.5 Å². The zero-order valence-corrected chi connectivity index (χ0v) is 19.9. The molecule has 2 unspecified atom stereocenters. The van der Waals surface area contributed by atoms with Gasteiger partial charge in [0.2, 0.25) is 0 Å². The van der Waals surface area contributed by atoms with Crippen LogP contribution in [-0.2, 0) is 11.2 Å². The molecule has 0 aliphatic heterocycles. The van der Waals surface area contributed by atoms with Gasteiger partial charge in [-0.05, 0) is 62.4 Å². The van der Waals surface area contributed by atoms with Crippen molar-refractivity contribution in [2.45, 2.75) is 39.5 Å². The first-order chi connectivity index (χ1) is 15.3. The molecular formula is C25H36N2O5. The highest BCUT2D eigenvalue weighted by Crippen LogP contribution is 2.47. The first kappa shape index (κ1) is 25.6. The zero-order chi connectivity index (χ0) is 23.7. The molecule has 0 bridgehead atoms. The minimum absolute atomic E-state index is 0.0132. The molecule has 1 aliphatic rings. The summed E-state index contributed by atoms with van der Waals surface area (Å²) >= 11 is 0. The second-order valence-electron chi connectivity index (χ2n) is 8.81. The number of hydrogen-bond donors (Lipinski definition) is 0. The molecule has 2 rings (SSSR count). The number of carbonyl (C=O) groups is 1. The summed E-state index contributed by atoms with van der Waals surface area (Å²) in [6.45, 7) is 5.94. The van der Waals surface area contributed by atoms with E-state index in [4.69, 9.17) is 9.47 Å². The molecule has 176 valence electrons. The van der Waals surface area contributed by atoms with Crippen LogP contribution in [0, 0.1) is 27.4 Å². The third kappa shape index (κ3) is 6.19. The van der Waals surface area contributed by atoms with E-state index >= 15 is 0 Å². The van der Waals surface area contributed by atoms with Crippen LogP contribution in [0.5, 0.6) is 11.5 Å². The third-order valence-electron chi connectivity index (χ3n) is 6.62. The Hall–Kier alpha value is -2.67. The molecule has 0 N–H and O–H groups in total. The maximum Gasteiger partial charge on any atom is 0.265 e. The lowest BCUT2D eigenvalue weighted by atomic mass is 9.62. The van der Waals surface area contributed by atoms with E-state index in [1.165, 1.54) is 5.56 Å². The summed E-state index contributed by atoms with van der Waals surface area (Å²) in [6.07, 6.45) is 9.08. The number of nitro groups is 1. The molecule has 1 aliphatic carbocycles. The molecule has 0 amide bonds. The van der Waals surface area contributed by atoms with Crippen LogP contribution in [0.25, 0.3) is 0 Å². The number of nitrogens with zero attached hydrogens (tertiary/aromatic N) is 2. The number of methoxy groups -OCH3 is 2. The van der Waals surface area contributed by atoms with Gasteiger partial charge >= 0.3 is 0 Å². The number of aldehydes is 1. The number of benzene rings is 1. The predicted octanol–water partition coefficient (Wildman–Crippen LogP) is 4.54. The third-order valence-corrected chi connectivity index (χ3v) is 6.62. The SMILES string of the molecule is COc1ccc(CCN(C)CCCC2(C(C)C)C=C([N+](=O)[O-])C=CC2CC=O)cc1OC. The Labute approximate surface area is 191 Å². The first-order valence-corrected chi connectivity index (χ1v) is 11.2. The Morgan fingerprint density at radius 2 is 1.94 bits per heavy atom. The van der Waals surface area contributed by atoms with Gasteiger partial charge in [0.05, 0.1) is 19.1 Å². The molecule has 0 heterocycles. The van der Waals surface area contributed by atoms with Gasteiger partial charge in [-0.25, -0.2) is 0 Å². The van der Waals surface area contributed by atoms with Crippen molar-refractivity contribution in [2.24, 2.45) is 17.3 Å². The topological polar surface area (TPSA) is 81.9 Å². The van der Waals surface area contributed by atoms with Crippen molar-refractivity contribution in [3.8, 4) is 11.5 Å². The van der Waals surface area contributed by atoms with E-state index in [9.17, 15) is 14.9 Å². The van der Waals surface area contributed by atoms with Crippen molar-refractivity contribution in [3.05, 3.63) is 57.8 Å². The number of allylic oxidation sites excluding steroid dienone is 3. The molecule has 0 radical (unpaired) electrons. The summed E-state index contributed by atoms with van der Waals surface area (Å²) < 4.78 is 10.7. The number of carbonyl (C=O) groups excluding carboxylic acids is 1. The fourth-order valence-corrected chi connectivity index (χ4v) is 4.60. The number of hydrogen-bond acceptors (Lipinski definition) is 6. The largest absolute Gasteiger partial charge is 0.493 e. The molecule has 0 aromatic heterocycles. The summed E-state index contributed by atoms with van der Waals surface area (Å²) in [4.78, 5) is 24.6. The molecule has 7 nitrogen and oxygen atoms in total. The molecule has 0 saturated carbocycles. The number of likely N-dealkylation sites (N-methyl/N-ethyl adjacent to an activating group) is 1. The highest BCUT2D eigenvalue weighted by atomic mass is 16.6. The van der Waals surface area contributed by atoms with E-state index in [1.807, 2.05) is 24.3 Å². The standard InChI is InChI=1S/C25H36N2O5/c1-19(2)25(18-22(27(29)30)9-8-21(25)12-16-28)13-6-14-26(3)15-11-20-7-10-23(31-4)24(17-20)32-5/h7-10,16-19,21H,6,11-15H2,1-5H3. The lowest BCUT2D eigenvalue weighted by Crippen LogP contribution is -2.37. The first-order valence-electron chi connectivity index (χ1n) is 11.2. The second-order valence-corrected chi connectivity index (χ2v) is 8.81. The summed E-state index contributed by atoms with van der Waals surface area (Å²) in [7, 11) is 5.35. The summed E-state index contributed by atoms with van der Waals surface area (Å²) in [5.41, 5.74) is 0.917. The van der Waals surface area contributed by atoms with Crippen molar-refractivity contribution in [2.75, 3.05) is 34.4 Å².